The van der Waals surface area contributed by atoms with Crippen molar-refractivity contribution in [3.63, 3.8) is 0 Å². The molecule has 0 fully saturated rings. The first-order valence-electron chi connectivity index (χ1n) is 15.0. The lowest BCUT2D eigenvalue weighted by atomic mass is 10.0. The van der Waals surface area contributed by atoms with Crippen LogP contribution in [-0.4, -0.2) is 50.9 Å². The van der Waals surface area contributed by atoms with Gasteiger partial charge < -0.3 is 15.0 Å². The summed E-state index contributed by atoms with van der Waals surface area (Å²) in [5.41, 5.74) is 3.06. The Labute approximate surface area is 266 Å². The highest BCUT2D eigenvalue weighted by Crippen LogP contribution is 2.26. The highest BCUT2D eigenvalue weighted by molar-refractivity contribution is 7.92. The molecule has 0 spiro atoms. The Bertz CT molecular complexity index is 1660. The lowest BCUT2D eigenvalue weighted by Gasteiger charge is -2.34. The molecule has 4 aromatic carbocycles. The molecule has 0 bridgehead atoms. The maximum atomic E-state index is 14.5. The number of ether oxygens (including phenoxy) is 1. The minimum Gasteiger partial charge on any atom is -0.497 e. The van der Waals surface area contributed by atoms with E-state index in [0.29, 0.717) is 11.4 Å². The Morgan fingerprint density at radius 2 is 1.47 bits per heavy atom. The van der Waals surface area contributed by atoms with Gasteiger partial charge in [-0.05, 0) is 67.8 Å². The van der Waals surface area contributed by atoms with E-state index in [-0.39, 0.29) is 29.8 Å². The molecule has 2 atom stereocenters. The Morgan fingerprint density at radius 3 is 2.07 bits per heavy atom. The fourth-order valence-corrected chi connectivity index (χ4v) is 6.41. The van der Waals surface area contributed by atoms with Crippen LogP contribution in [0.3, 0.4) is 0 Å². The van der Waals surface area contributed by atoms with Crippen LogP contribution in [-0.2, 0) is 32.6 Å². The molecule has 1 N–H and O–H groups in total. The maximum absolute atomic E-state index is 14.5. The third-order valence-electron chi connectivity index (χ3n) is 7.68. The van der Waals surface area contributed by atoms with Gasteiger partial charge in [-0.25, -0.2) is 8.42 Å². The normalized spacial score (nSPS) is 12.5. The number of anilines is 1. The number of para-hydroxylation sites is 1. The summed E-state index contributed by atoms with van der Waals surface area (Å²) in [6.07, 6.45) is 0.981. The average molecular weight is 628 g/mol. The predicted octanol–water partition coefficient (Wildman–Crippen LogP) is 5.75. The van der Waals surface area contributed by atoms with E-state index in [4.69, 9.17) is 4.74 Å². The van der Waals surface area contributed by atoms with E-state index in [1.807, 2.05) is 75.4 Å². The van der Waals surface area contributed by atoms with E-state index < -0.39 is 28.5 Å². The van der Waals surface area contributed by atoms with Crippen molar-refractivity contribution in [3.05, 3.63) is 126 Å². The van der Waals surface area contributed by atoms with Gasteiger partial charge in [0.05, 0.1) is 17.7 Å². The van der Waals surface area contributed by atoms with Crippen molar-refractivity contribution in [2.24, 2.45) is 0 Å². The van der Waals surface area contributed by atoms with E-state index in [1.165, 1.54) is 24.1 Å². The van der Waals surface area contributed by atoms with Crippen LogP contribution in [0.15, 0.2) is 114 Å². The van der Waals surface area contributed by atoms with E-state index in [2.05, 4.69) is 5.32 Å². The minimum absolute atomic E-state index is 0.0144. The molecule has 45 heavy (non-hydrogen) atoms. The van der Waals surface area contributed by atoms with Gasteiger partial charge >= 0.3 is 0 Å². The molecule has 0 aliphatic rings. The molecule has 0 saturated carbocycles. The molecule has 2 amide bonds. The van der Waals surface area contributed by atoms with Gasteiger partial charge in [0.1, 0.15) is 18.3 Å². The number of methoxy groups -OCH3 is 1. The van der Waals surface area contributed by atoms with Gasteiger partial charge in [0.15, 0.2) is 0 Å². The van der Waals surface area contributed by atoms with Gasteiger partial charge in [-0.2, -0.15) is 0 Å². The Morgan fingerprint density at radius 1 is 0.844 bits per heavy atom. The molecule has 0 aliphatic heterocycles. The van der Waals surface area contributed by atoms with Gasteiger partial charge in [-0.3, -0.25) is 13.9 Å². The third kappa shape index (κ3) is 8.73. The quantitative estimate of drug-likeness (QED) is 0.192. The maximum Gasteiger partial charge on any atom is 0.264 e. The number of nitrogens with zero attached hydrogens (tertiary/aromatic N) is 2. The monoisotopic (exact) mass is 627 g/mol. The standard InChI is InChI=1S/C36H41N3O5S/c1-5-28(3)37-36(41)34(24-29-14-8-6-9-15-29)38(25-30-16-12-13-27(2)23-30)35(40)26-39(31-17-10-7-11-18-31)45(42,43)33-21-19-32(44-4)20-22-33/h6-23,28,34H,5,24-26H2,1-4H3,(H,37,41)/t28-,34+/m1/s1. The van der Waals surface area contributed by atoms with Gasteiger partial charge in [0.2, 0.25) is 11.8 Å². The van der Waals surface area contributed by atoms with Crippen molar-refractivity contribution in [1.82, 2.24) is 10.2 Å². The topological polar surface area (TPSA) is 96.0 Å². The summed E-state index contributed by atoms with van der Waals surface area (Å²) in [7, 11) is -2.68. The highest BCUT2D eigenvalue weighted by atomic mass is 32.2. The fourth-order valence-electron chi connectivity index (χ4n) is 5.00. The molecule has 0 aromatic heterocycles. The lowest BCUT2D eigenvalue weighted by Crippen LogP contribution is -2.54. The second kappa shape index (κ2) is 15.4. The zero-order valence-corrected chi connectivity index (χ0v) is 27.0. The smallest absolute Gasteiger partial charge is 0.264 e. The number of rotatable bonds is 14. The number of hydrogen-bond donors (Lipinski definition) is 1. The first kappa shape index (κ1) is 33.3. The molecular weight excluding hydrogens is 586 g/mol. The molecule has 0 heterocycles. The summed E-state index contributed by atoms with van der Waals surface area (Å²) in [6, 6.07) is 30.8. The van der Waals surface area contributed by atoms with E-state index in [9.17, 15) is 18.0 Å². The number of carbonyl (C=O) groups is 2. The summed E-state index contributed by atoms with van der Waals surface area (Å²) in [4.78, 5) is 29.9. The number of sulfonamides is 1. The van der Waals surface area contributed by atoms with Crippen LogP contribution < -0.4 is 14.4 Å². The molecule has 0 radical (unpaired) electrons. The summed E-state index contributed by atoms with van der Waals surface area (Å²) in [6.45, 7) is 5.48. The Hall–Kier alpha value is -4.63. The van der Waals surface area contributed by atoms with Crippen LogP contribution in [0.1, 0.15) is 37.0 Å². The van der Waals surface area contributed by atoms with Crippen LogP contribution in [0, 0.1) is 6.92 Å². The number of benzene rings is 4. The molecule has 9 heteroatoms. The molecule has 0 aliphatic carbocycles. The SMILES string of the molecule is CC[C@@H](C)NC(=O)[C@H](Cc1ccccc1)N(Cc1cccc(C)c1)C(=O)CN(c1ccccc1)S(=O)(=O)c1ccc(OC)cc1. The third-order valence-corrected chi connectivity index (χ3v) is 9.47. The van der Waals surface area contributed by atoms with Crippen LogP contribution in [0.25, 0.3) is 0 Å². The number of carbonyl (C=O) groups excluding carboxylic acids is 2. The van der Waals surface area contributed by atoms with Crippen LogP contribution in [0.2, 0.25) is 0 Å². The zero-order valence-electron chi connectivity index (χ0n) is 26.2. The van der Waals surface area contributed by atoms with Gasteiger partial charge in [-0.1, -0.05) is 85.3 Å². The van der Waals surface area contributed by atoms with Gasteiger partial charge in [0.25, 0.3) is 10.0 Å². The summed E-state index contributed by atoms with van der Waals surface area (Å²) in [5, 5.41) is 3.06. The van der Waals surface area contributed by atoms with E-state index in [0.717, 1.165) is 27.4 Å². The van der Waals surface area contributed by atoms with Crippen LogP contribution in [0.4, 0.5) is 5.69 Å². The fraction of sp³-hybridized carbons (Fsp3) is 0.278. The first-order valence-corrected chi connectivity index (χ1v) is 16.5. The van der Waals surface area contributed by atoms with Crippen LogP contribution in [0.5, 0.6) is 5.75 Å². The second-order valence-electron chi connectivity index (χ2n) is 11.1. The summed E-state index contributed by atoms with van der Waals surface area (Å²) >= 11 is 0. The molecule has 8 nitrogen and oxygen atoms in total. The number of hydrogen-bond acceptors (Lipinski definition) is 5. The molecule has 0 saturated heterocycles. The van der Waals surface area contributed by atoms with Crippen molar-refractivity contribution in [3.8, 4) is 5.75 Å². The summed E-state index contributed by atoms with van der Waals surface area (Å²) in [5.74, 6) is -0.284. The number of nitrogens with one attached hydrogen (secondary N) is 1. The molecule has 0 unspecified atom stereocenters. The van der Waals surface area contributed by atoms with Crippen molar-refractivity contribution in [2.45, 2.75) is 57.1 Å². The Balaban J connectivity index is 1.79. The highest BCUT2D eigenvalue weighted by Gasteiger charge is 2.35. The lowest BCUT2D eigenvalue weighted by molar-refractivity contribution is -0.140. The van der Waals surface area contributed by atoms with Crippen LogP contribution >= 0.6 is 0 Å². The zero-order chi connectivity index (χ0) is 32.4. The van der Waals surface area contributed by atoms with Crippen molar-refractivity contribution in [2.75, 3.05) is 18.0 Å². The Kier molecular flexibility index (Phi) is 11.4. The van der Waals surface area contributed by atoms with E-state index >= 15 is 0 Å². The number of amides is 2. The minimum atomic E-state index is -4.19. The van der Waals surface area contributed by atoms with E-state index in [1.54, 1.807) is 42.5 Å². The molecular formula is C36H41N3O5S. The summed E-state index contributed by atoms with van der Waals surface area (Å²) < 4.78 is 34.5. The predicted molar refractivity (Wildman–Crippen MR) is 178 cm³/mol. The average Bonchev–Trinajstić information content (AvgIpc) is 3.05. The van der Waals surface area contributed by atoms with Crippen molar-refractivity contribution >= 4 is 27.5 Å². The first-order chi connectivity index (χ1) is 21.6. The molecule has 236 valence electrons. The van der Waals surface area contributed by atoms with Crippen molar-refractivity contribution in [1.29, 1.82) is 0 Å². The van der Waals surface area contributed by atoms with Crippen molar-refractivity contribution < 1.29 is 22.7 Å². The number of aryl methyl sites for hydroxylation is 1. The van der Waals surface area contributed by atoms with Gasteiger partial charge in [-0.15, -0.1) is 0 Å². The molecule has 4 aromatic rings. The largest absolute Gasteiger partial charge is 0.497 e. The molecule has 4 rings (SSSR count). The van der Waals surface area contributed by atoms with Gasteiger partial charge in [0, 0.05) is 19.0 Å². The second-order valence-corrected chi connectivity index (χ2v) is 12.9.